The number of nitrogens with zero attached hydrogens (tertiary/aromatic N) is 3. The van der Waals surface area contributed by atoms with E-state index in [9.17, 15) is 4.79 Å². The zero-order valence-electron chi connectivity index (χ0n) is 12.2. The van der Waals surface area contributed by atoms with Crippen molar-refractivity contribution in [1.82, 2.24) is 14.9 Å². The van der Waals surface area contributed by atoms with Crippen molar-refractivity contribution in [3.05, 3.63) is 84.2 Å². The van der Waals surface area contributed by atoms with Crippen molar-refractivity contribution in [3.8, 4) is 0 Å². The minimum Gasteiger partial charge on any atom is -0.336 e. The number of aromatic nitrogens is 3. The molecule has 3 aromatic rings. The van der Waals surface area contributed by atoms with Crippen LogP contribution in [0.1, 0.15) is 15.9 Å². The first-order chi connectivity index (χ1) is 11.2. The van der Waals surface area contributed by atoms with E-state index in [1.165, 1.54) is 22.8 Å². The van der Waals surface area contributed by atoms with Gasteiger partial charge in [-0.15, -0.1) is 10.2 Å². The van der Waals surface area contributed by atoms with Gasteiger partial charge < -0.3 is 5.84 Å². The highest BCUT2D eigenvalue weighted by Gasteiger charge is 2.12. The van der Waals surface area contributed by atoms with Gasteiger partial charge in [-0.2, -0.15) is 0 Å². The molecule has 0 unspecified atom stereocenters. The van der Waals surface area contributed by atoms with Crippen molar-refractivity contribution in [3.63, 3.8) is 0 Å². The van der Waals surface area contributed by atoms with E-state index < -0.39 is 0 Å². The summed E-state index contributed by atoms with van der Waals surface area (Å²) in [6, 6.07) is 18.8. The van der Waals surface area contributed by atoms with Crippen molar-refractivity contribution in [2.24, 2.45) is 0 Å². The zero-order valence-corrected chi connectivity index (χ0v) is 13.0. The quantitative estimate of drug-likeness (QED) is 0.338. The topological polar surface area (TPSA) is 73.8 Å². The lowest BCUT2D eigenvalue weighted by molar-refractivity contribution is 0.104. The average Bonchev–Trinajstić information content (AvgIpc) is 3.00. The zero-order chi connectivity index (χ0) is 16.1. The fraction of sp³-hybridized carbons (Fsp3) is 0. The Morgan fingerprint density at radius 3 is 2.17 bits per heavy atom. The summed E-state index contributed by atoms with van der Waals surface area (Å²) < 4.78 is 1.33. The van der Waals surface area contributed by atoms with Crippen LogP contribution in [0, 0.1) is 0 Å². The molecule has 6 heteroatoms. The molecule has 114 valence electrons. The maximum atomic E-state index is 12.5. The SMILES string of the molecule is Nn1cnnc1SC(=CC(=O)c1ccccc1)c1ccccc1. The third-order valence-corrected chi connectivity index (χ3v) is 4.17. The Labute approximate surface area is 137 Å². The molecule has 0 saturated heterocycles. The second kappa shape index (κ2) is 6.93. The van der Waals surface area contributed by atoms with Crippen LogP contribution in [0.5, 0.6) is 0 Å². The molecule has 0 aliphatic heterocycles. The average molecular weight is 322 g/mol. The molecular weight excluding hydrogens is 308 g/mol. The smallest absolute Gasteiger partial charge is 0.214 e. The van der Waals surface area contributed by atoms with Crippen LogP contribution in [0.3, 0.4) is 0 Å². The van der Waals surface area contributed by atoms with Crippen LogP contribution in [0.15, 0.2) is 78.2 Å². The second-order valence-corrected chi connectivity index (χ2v) is 5.74. The van der Waals surface area contributed by atoms with Crippen molar-refractivity contribution in [2.75, 3.05) is 5.84 Å². The van der Waals surface area contributed by atoms with Gasteiger partial charge in [-0.05, 0) is 17.3 Å². The molecule has 3 rings (SSSR count). The van der Waals surface area contributed by atoms with Crippen LogP contribution in [0.2, 0.25) is 0 Å². The number of thioether (sulfide) groups is 1. The van der Waals surface area contributed by atoms with Crippen LogP contribution < -0.4 is 5.84 Å². The summed E-state index contributed by atoms with van der Waals surface area (Å²) in [7, 11) is 0. The number of rotatable bonds is 5. The van der Waals surface area contributed by atoms with E-state index >= 15 is 0 Å². The highest BCUT2D eigenvalue weighted by Crippen LogP contribution is 2.32. The van der Waals surface area contributed by atoms with Gasteiger partial charge in [0.2, 0.25) is 5.16 Å². The van der Waals surface area contributed by atoms with Gasteiger partial charge in [-0.1, -0.05) is 60.7 Å². The summed E-state index contributed by atoms with van der Waals surface area (Å²) >= 11 is 1.30. The van der Waals surface area contributed by atoms with Gasteiger partial charge in [0.05, 0.1) is 0 Å². The van der Waals surface area contributed by atoms with Gasteiger partial charge in [0.1, 0.15) is 6.33 Å². The third-order valence-electron chi connectivity index (χ3n) is 3.12. The van der Waals surface area contributed by atoms with Crippen LogP contribution >= 0.6 is 11.8 Å². The molecule has 0 spiro atoms. The molecule has 2 N–H and O–H groups in total. The standard InChI is InChI=1S/C17H14N4OS/c18-21-12-19-20-17(21)23-16(14-9-5-2-6-10-14)11-15(22)13-7-3-1-4-8-13/h1-12H,18H2. The number of nitrogens with two attached hydrogens (primary N) is 1. The molecule has 0 amide bonds. The predicted molar refractivity (Wildman–Crippen MR) is 91.2 cm³/mol. The van der Waals surface area contributed by atoms with Crippen molar-refractivity contribution in [1.29, 1.82) is 0 Å². The number of hydrogen-bond acceptors (Lipinski definition) is 5. The van der Waals surface area contributed by atoms with E-state index in [1.807, 2.05) is 48.5 Å². The summed E-state index contributed by atoms with van der Waals surface area (Å²) in [5, 5.41) is 8.24. The summed E-state index contributed by atoms with van der Waals surface area (Å²) in [6.45, 7) is 0. The lowest BCUT2D eigenvalue weighted by Gasteiger charge is -2.07. The predicted octanol–water partition coefficient (Wildman–Crippen LogP) is 3.01. The van der Waals surface area contributed by atoms with Crippen LogP contribution in [-0.2, 0) is 0 Å². The molecule has 2 aromatic carbocycles. The normalized spacial score (nSPS) is 11.4. The number of allylic oxidation sites excluding steroid dienone is 1. The summed E-state index contributed by atoms with van der Waals surface area (Å²) in [4.78, 5) is 13.2. The molecule has 0 aliphatic rings. The first-order valence-electron chi connectivity index (χ1n) is 6.93. The Hall–Kier alpha value is -2.86. The van der Waals surface area contributed by atoms with Crippen LogP contribution in [0.25, 0.3) is 4.91 Å². The minimum absolute atomic E-state index is 0.0694. The van der Waals surface area contributed by atoms with Gasteiger partial charge in [0.15, 0.2) is 5.78 Å². The molecule has 1 heterocycles. The molecule has 5 nitrogen and oxygen atoms in total. The monoisotopic (exact) mass is 322 g/mol. The lowest BCUT2D eigenvalue weighted by Crippen LogP contribution is -2.07. The highest BCUT2D eigenvalue weighted by atomic mass is 32.2. The number of hydrogen-bond donors (Lipinski definition) is 1. The van der Waals surface area contributed by atoms with Crippen molar-refractivity contribution >= 4 is 22.5 Å². The number of carbonyl (C=O) groups is 1. The molecule has 23 heavy (non-hydrogen) atoms. The Balaban J connectivity index is 1.96. The van der Waals surface area contributed by atoms with Crippen molar-refractivity contribution < 1.29 is 4.79 Å². The molecule has 0 atom stereocenters. The fourth-order valence-electron chi connectivity index (χ4n) is 1.98. The number of carbonyl (C=O) groups excluding carboxylic acids is 1. The Bertz CT molecular complexity index is 828. The molecule has 0 fully saturated rings. The van der Waals surface area contributed by atoms with Gasteiger partial charge in [0, 0.05) is 16.5 Å². The van der Waals surface area contributed by atoms with Gasteiger partial charge in [0.25, 0.3) is 0 Å². The third kappa shape index (κ3) is 3.67. The highest BCUT2D eigenvalue weighted by molar-refractivity contribution is 8.08. The number of nitrogen functional groups attached to an aromatic ring is 1. The number of benzene rings is 2. The van der Waals surface area contributed by atoms with E-state index in [1.54, 1.807) is 18.2 Å². The van der Waals surface area contributed by atoms with Gasteiger partial charge in [-0.3, -0.25) is 4.79 Å². The fourth-order valence-corrected chi connectivity index (χ4v) is 2.84. The molecule has 0 radical (unpaired) electrons. The second-order valence-electron chi connectivity index (χ2n) is 4.73. The van der Waals surface area contributed by atoms with Gasteiger partial charge in [-0.25, -0.2) is 4.68 Å². The maximum Gasteiger partial charge on any atom is 0.214 e. The first kappa shape index (κ1) is 15.1. The molecule has 0 aliphatic carbocycles. The summed E-state index contributed by atoms with van der Waals surface area (Å²) in [5.41, 5.74) is 1.56. The van der Waals surface area contributed by atoms with Crippen molar-refractivity contribution in [2.45, 2.75) is 5.16 Å². The Kier molecular flexibility index (Phi) is 4.54. The maximum absolute atomic E-state index is 12.5. The minimum atomic E-state index is -0.0694. The molecule has 1 aromatic heterocycles. The summed E-state index contributed by atoms with van der Waals surface area (Å²) in [5.74, 6) is 5.70. The summed E-state index contributed by atoms with van der Waals surface area (Å²) in [6.07, 6.45) is 3.02. The van der Waals surface area contributed by atoms with E-state index in [-0.39, 0.29) is 5.78 Å². The molecule has 0 saturated carbocycles. The molecule has 0 bridgehead atoms. The largest absolute Gasteiger partial charge is 0.336 e. The van der Waals surface area contributed by atoms with Crippen LogP contribution in [0.4, 0.5) is 0 Å². The van der Waals surface area contributed by atoms with Crippen LogP contribution in [-0.4, -0.2) is 20.7 Å². The van der Waals surface area contributed by atoms with E-state index in [4.69, 9.17) is 5.84 Å². The van der Waals surface area contributed by atoms with E-state index in [2.05, 4.69) is 10.2 Å². The Morgan fingerprint density at radius 2 is 1.61 bits per heavy atom. The van der Waals surface area contributed by atoms with Gasteiger partial charge >= 0.3 is 0 Å². The van der Waals surface area contributed by atoms with E-state index in [0.717, 1.165) is 10.5 Å². The number of ketones is 1. The van der Waals surface area contributed by atoms with E-state index in [0.29, 0.717) is 10.7 Å². The first-order valence-corrected chi connectivity index (χ1v) is 7.75. The molecular formula is C17H14N4OS. The lowest BCUT2D eigenvalue weighted by atomic mass is 10.1. The Morgan fingerprint density at radius 1 is 1.00 bits per heavy atom.